The molecule has 1 saturated heterocycles. The zero-order valence-corrected chi connectivity index (χ0v) is 7.84. The van der Waals surface area contributed by atoms with Crippen molar-refractivity contribution in [1.29, 1.82) is 0 Å². The molecular weight excluding hydrogens is 170 g/mol. The predicted octanol–water partition coefficient (Wildman–Crippen LogP) is 0.442. The summed E-state index contributed by atoms with van der Waals surface area (Å²) < 4.78 is 10.1. The van der Waals surface area contributed by atoms with Gasteiger partial charge in [0.15, 0.2) is 0 Å². The summed E-state index contributed by atoms with van der Waals surface area (Å²) in [4.78, 5) is 11.1. The van der Waals surface area contributed by atoms with Crippen molar-refractivity contribution in [3.8, 4) is 0 Å². The molecule has 1 fully saturated rings. The molecule has 1 heterocycles. The van der Waals surface area contributed by atoms with E-state index in [9.17, 15) is 4.79 Å². The first kappa shape index (κ1) is 10.2. The highest BCUT2D eigenvalue weighted by Crippen LogP contribution is 2.09. The third-order valence-corrected chi connectivity index (χ3v) is 1.79. The van der Waals surface area contributed by atoms with E-state index in [1.54, 1.807) is 6.92 Å². The molecular formula is C9H15NO3. The van der Waals surface area contributed by atoms with Crippen molar-refractivity contribution in [1.82, 2.24) is 5.32 Å². The number of nitrogens with one attached hydrogen (secondary N) is 1. The third-order valence-electron chi connectivity index (χ3n) is 1.79. The van der Waals surface area contributed by atoms with Gasteiger partial charge in [-0.05, 0) is 6.92 Å². The van der Waals surface area contributed by atoms with E-state index in [4.69, 9.17) is 9.47 Å². The molecule has 0 radical (unpaired) electrons. The van der Waals surface area contributed by atoms with E-state index in [1.165, 1.54) is 0 Å². The number of esters is 1. The van der Waals surface area contributed by atoms with E-state index in [1.807, 2.05) is 0 Å². The van der Waals surface area contributed by atoms with E-state index < -0.39 is 0 Å². The number of hydrogen-bond donors (Lipinski definition) is 1. The summed E-state index contributed by atoms with van der Waals surface area (Å²) in [6.45, 7) is 7.33. The van der Waals surface area contributed by atoms with Crippen LogP contribution < -0.4 is 5.32 Å². The lowest BCUT2D eigenvalue weighted by molar-refractivity contribution is -0.138. The molecule has 4 nitrogen and oxygen atoms in total. The fourth-order valence-electron chi connectivity index (χ4n) is 1.15. The summed E-state index contributed by atoms with van der Waals surface area (Å²) in [7, 11) is 0. The van der Waals surface area contributed by atoms with Crippen LogP contribution in [0.1, 0.15) is 13.3 Å². The largest absolute Gasteiger partial charge is 0.463 e. The molecule has 0 saturated carbocycles. The third kappa shape index (κ3) is 3.16. The maximum absolute atomic E-state index is 11.1. The second-order valence-corrected chi connectivity index (χ2v) is 2.84. The van der Waals surface area contributed by atoms with Crippen LogP contribution in [0, 0.1) is 0 Å². The van der Waals surface area contributed by atoms with Crippen molar-refractivity contribution >= 4 is 5.97 Å². The minimum Gasteiger partial charge on any atom is -0.463 e. The Morgan fingerprint density at radius 2 is 2.54 bits per heavy atom. The monoisotopic (exact) mass is 185 g/mol. The van der Waals surface area contributed by atoms with Crippen molar-refractivity contribution in [2.45, 2.75) is 19.6 Å². The molecule has 1 atom stereocenters. The molecule has 0 aromatic rings. The molecule has 0 amide bonds. The first-order valence-corrected chi connectivity index (χ1v) is 4.44. The van der Waals surface area contributed by atoms with Gasteiger partial charge in [-0.25, -0.2) is 4.79 Å². The quantitative estimate of drug-likeness (QED) is 0.510. The minimum atomic E-state index is -0.334. The Hall–Kier alpha value is -0.870. The van der Waals surface area contributed by atoms with Gasteiger partial charge < -0.3 is 9.47 Å². The number of ether oxygens (including phenoxy) is 2. The van der Waals surface area contributed by atoms with Crippen LogP contribution in [0.15, 0.2) is 12.2 Å². The van der Waals surface area contributed by atoms with E-state index in [2.05, 4.69) is 11.9 Å². The smallest absolute Gasteiger partial charge is 0.333 e. The summed E-state index contributed by atoms with van der Waals surface area (Å²) >= 11 is 0. The topological polar surface area (TPSA) is 47.6 Å². The Labute approximate surface area is 77.9 Å². The fourth-order valence-corrected chi connectivity index (χ4v) is 1.15. The highest BCUT2D eigenvalue weighted by molar-refractivity contribution is 5.87. The van der Waals surface area contributed by atoms with Crippen molar-refractivity contribution in [2.24, 2.45) is 0 Å². The van der Waals surface area contributed by atoms with Crippen LogP contribution in [0.25, 0.3) is 0 Å². The molecule has 4 heteroatoms. The van der Waals surface area contributed by atoms with Crippen molar-refractivity contribution in [2.75, 3.05) is 19.8 Å². The molecule has 0 aromatic carbocycles. The molecule has 1 aliphatic rings. The maximum Gasteiger partial charge on any atom is 0.333 e. The van der Waals surface area contributed by atoms with Crippen LogP contribution in [0.3, 0.4) is 0 Å². The first-order valence-electron chi connectivity index (χ1n) is 4.44. The van der Waals surface area contributed by atoms with Gasteiger partial charge in [-0.3, -0.25) is 5.32 Å². The van der Waals surface area contributed by atoms with Crippen molar-refractivity contribution in [3.63, 3.8) is 0 Å². The predicted molar refractivity (Wildman–Crippen MR) is 48.1 cm³/mol. The lowest BCUT2D eigenvalue weighted by Gasteiger charge is -2.10. The van der Waals surface area contributed by atoms with Crippen molar-refractivity contribution in [3.05, 3.63) is 12.2 Å². The molecule has 1 rings (SSSR count). The average Bonchev–Trinajstić information content (AvgIpc) is 2.57. The van der Waals surface area contributed by atoms with Gasteiger partial charge >= 0.3 is 5.97 Å². The summed E-state index contributed by atoms with van der Waals surface area (Å²) in [6, 6.07) is 0. The molecule has 1 unspecified atom stereocenters. The van der Waals surface area contributed by atoms with Gasteiger partial charge in [0, 0.05) is 18.5 Å². The van der Waals surface area contributed by atoms with Gasteiger partial charge in [-0.1, -0.05) is 6.58 Å². The van der Waals surface area contributed by atoms with Crippen LogP contribution in [0.5, 0.6) is 0 Å². The fraction of sp³-hybridized carbons (Fsp3) is 0.667. The van der Waals surface area contributed by atoms with E-state index in [-0.39, 0.29) is 12.2 Å². The van der Waals surface area contributed by atoms with Gasteiger partial charge in [0.1, 0.15) is 6.23 Å². The molecule has 0 aliphatic carbocycles. The zero-order valence-electron chi connectivity index (χ0n) is 7.84. The van der Waals surface area contributed by atoms with Crippen LogP contribution in [-0.4, -0.2) is 32.0 Å². The van der Waals surface area contributed by atoms with Crippen LogP contribution in [0.2, 0.25) is 0 Å². The van der Waals surface area contributed by atoms with Crippen LogP contribution in [0.4, 0.5) is 0 Å². The Morgan fingerprint density at radius 1 is 1.77 bits per heavy atom. The summed E-state index contributed by atoms with van der Waals surface area (Å²) in [5.74, 6) is -0.334. The van der Waals surface area contributed by atoms with Gasteiger partial charge in [-0.2, -0.15) is 0 Å². The standard InChI is InChI=1S/C9H15NO3/c1-3-12-9(11)7(2)6-8-10-4-5-13-8/h8,10H,2-6H2,1H3. The normalized spacial score (nSPS) is 21.5. The summed E-state index contributed by atoms with van der Waals surface area (Å²) in [5.41, 5.74) is 0.459. The Kier molecular flexibility index (Phi) is 3.92. The summed E-state index contributed by atoms with van der Waals surface area (Å²) in [5, 5.41) is 3.09. The van der Waals surface area contributed by atoms with Crippen molar-refractivity contribution < 1.29 is 14.3 Å². The van der Waals surface area contributed by atoms with Crippen LogP contribution >= 0.6 is 0 Å². The Morgan fingerprint density at radius 3 is 3.08 bits per heavy atom. The number of hydrogen-bond acceptors (Lipinski definition) is 4. The van der Waals surface area contributed by atoms with Gasteiger partial charge in [-0.15, -0.1) is 0 Å². The average molecular weight is 185 g/mol. The Bertz CT molecular complexity index is 197. The molecule has 1 aliphatic heterocycles. The lowest BCUT2D eigenvalue weighted by atomic mass is 10.2. The Balaban J connectivity index is 2.27. The first-order chi connectivity index (χ1) is 6.24. The SMILES string of the molecule is C=C(CC1NCCO1)C(=O)OCC. The number of carbonyl (C=O) groups excluding carboxylic acids is 1. The lowest BCUT2D eigenvalue weighted by Crippen LogP contribution is -2.24. The molecule has 0 aromatic heterocycles. The highest BCUT2D eigenvalue weighted by Gasteiger charge is 2.18. The van der Waals surface area contributed by atoms with Crippen LogP contribution in [-0.2, 0) is 14.3 Å². The molecule has 13 heavy (non-hydrogen) atoms. The van der Waals surface area contributed by atoms with E-state index >= 15 is 0 Å². The second-order valence-electron chi connectivity index (χ2n) is 2.84. The van der Waals surface area contributed by atoms with Gasteiger partial charge in [0.2, 0.25) is 0 Å². The minimum absolute atomic E-state index is 0.0723. The second kappa shape index (κ2) is 4.99. The van der Waals surface area contributed by atoms with E-state index in [0.717, 1.165) is 6.54 Å². The molecule has 74 valence electrons. The number of rotatable bonds is 4. The van der Waals surface area contributed by atoms with E-state index in [0.29, 0.717) is 25.2 Å². The molecule has 0 spiro atoms. The molecule has 1 N–H and O–H groups in total. The van der Waals surface area contributed by atoms with Gasteiger partial charge in [0.05, 0.1) is 13.2 Å². The zero-order chi connectivity index (χ0) is 9.68. The summed E-state index contributed by atoms with van der Waals surface area (Å²) in [6.07, 6.45) is 0.427. The maximum atomic E-state index is 11.1. The molecule has 0 bridgehead atoms. The highest BCUT2D eigenvalue weighted by atomic mass is 16.5. The number of carbonyl (C=O) groups is 1. The van der Waals surface area contributed by atoms with Gasteiger partial charge in [0.25, 0.3) is 0 Å².